The van der Waals surface area contributed by atoms with Crippen molar-refractivity contribution in [2.24, 2.45) is 0 Å². The van der Waals surface area contributed by atoms with Gasteiger partial charge in [0.25, 0.3) is 0 Å². The van der Waals surface area contributed by atoms with Gasteiger partial charge in [0.2, 0.25) is 5.91 Å². The number of thioether (sulfide) groups is 1. The van der Waals surface area contributed by atoms with Crippen molar-refractivity contribution in [2.75, 3.05) is 39.1 Å². The van der Waals surface area contributed by atoms with E-state index < -0.39 is 0 Å². The highest BCUT2D eigenvalue weighted by Gasteiger charge is 2.31. The molecule has 1 aliphatic rings. The maximum Gasteiger partial charge on any atom is 0.237 e. The molecule has 1 unspecified atom stereocenters. The summed E-state index contributed by atoms with van der Waals surface area (Å²) >= 11 is 1.74. The lowest BCUT2D eigenvalue weighted by atomic mass is 9.87. The van der Waals surface area contributed by atoms with Gasteiger partial charge in [-0.1, -0.05) is 57.2 Å². The molecular formula is C26H35FN2O2S. The second-order valence-corrected chi connectivity index (χ2v) is 10.6. The molecule has 0 radical (unpaired) electrons. The third kappa shape index (κ3) is 6.80. The Kier molecular flexibility index (Phi) is 8.74. The summed E-state index contributed by atoms with van der Waals surface area (Å²) in [5, 5.41) is -0.0463. The number of amides is 1. The van der Waals surface area contributed by atoms with Crippen molar-refractivity contribution in [3.05, 3.63) is 71.0 Å². The molecular weight excluding hydrogens is 423 g/mol. The van der Waals surface area contributed by atoms with Gasteiger partial charge in [0.15, 0.2) is 0 Å². The minimum atomic E-state index is -0.253. The SMILES string of the molecule is COCCCN(CC(=O)N1CCSC1c1ccc(F)cc1)Cc1ccc(C(C)(C)C)cc1. The summed E-state index contributed by atoms with van der Waals surface area (Å²) in [5.74, 6) is 0.760. The summed E-state index contributed by atoms with van der Waals surface area (Å²) in [4.78, 5) is 17.4. The normalized spacial score (nSPS) is 16.7. The molecule has 0 aromatic heterocycles. The molecule has 0 N–H and O–H groups in total. The highest BCUT2D eigenvalue weighted by atomic mass is 32.2. The third-order valence-corrected chi connectivity index (χ3v) is 7.03. The maximum absolute atomic E-state index is 13.3. The lowest BCUT2D eigenvalue weighted by molar-refractivity contribution is -0.132. The Morgan fingerprint density at radius 3 is 2.47 bits per heavy atom. The van der Waals surface area contributed by atoms with E-state index in [0.29, 0.717) is 13.2 Å². The fourth-order valence-corrected chi connectivity index (χ4v) is 5.20. The van der Waals surface area contributed by atoms with Crippen LogP contribution in [0.5, 0.6) is 0 Å². The number of halogens is 1. The largest absolute Gasteiger partial charge is 0.385 e. The fourth-order valence-electron chi connectivity index (χ4n) is 3.93. The second kappa shape index (κ2) is 11.3. The van der Waals surface area contributed by atoms with Gasteiger partial charge in [-0.25, -0.2) is 4.39 Å². The zero-order chi connectivity index (χ0) is 23.1. The molecule has 1 atom stereocenters. The van der Waals surface area contributed by atoms with Crippen LogP contribution in [0, 0.1) is 5.82 Å². The molecule has 1 saturated heterocycles. The average Bonchev–Trinajstić information content (AvgIpc) is 3.24. The number of ether oxygens (including phenoxy) is 1. The first kappa shape index (κ1) is 24.7. The van der Waals surface area contributed by atoms with Crippen molar-refractivity contribution in [2.45, 2.75) is 44.5 Å². The standard InChI is InChI=1S/C26H35FN2O2S/c1-26(2,3)22-10-6-20(7-11-22)18-28(14-5-16-31-4)19-24(30)29-15-17-32-25(29)21-8-12-23(27)13-9-21/h6-13,25H,5,14-19H2,1-4H3. The molecule has 1 aliphatic heterocycles. The van der Waals surface area contributed by atoms with Gasteiger partial charge in [0.05, 0.1) is 6.54 Å². The van der Waals surface area contributed by atoms with Crippen molar-refractivity contribution in [3.63, 3.8) is 0 Å². The Morgan fingerprint density at radius 2 is 1.84 bits per heavy atom. The molecule has 6 heteroatoms. The predicted molar refractivity (Wildman–Crippen MR) is 130 cm³/mol. The van der Waals surface area contributed by atoms with E-state index in [0.717, 1.165) is 37.4 Å². The van der Waals surface area contributed by atoms with Crippen LogP contribution < -0.4 is 0 Å². The van der Waals surface area contributed by atoms with Crippen molar-refractivity contribution >= 4 is 17.7 Å². The van der Waals surface area contributed by atoms with Crippen LogP contribution in [0.15, 0.2) is 48.5 Å². The number of nitrogens with zero attached hydrogens (tertiary/aromatic N) is 2. The smallest absolute Gasteiger partial charge is 0.237 e. The Balaban J connectivity index is 1.68. The van der Waals surface area contributed by atoms with Crippen LogP contribution >= 0.6 is 11.8 Å². The van der Waals surface area contributed by atoms with Crippen LogP contribution in [0.2, 0.25) is 0 Å². The van der Waals surface area contributed by atoms with E-state index in [1.807, 2.05) is 4.90 Å². The Morgan fingerprint density at radius 1 is 1.16 bits per heavy atom. The molecule has 3 rings (SSSR count). The van der Waals surface area contributed by atoms with Gasteiger partial charge in [-0.2, -0.15) is 0 Å². The number of rotatable bonds is 9. The van der Waals surface area contributed by atoms with E-state index in [4.69, 9.17) is 4.74 Å². The van der Waals surface area contributed by atoms with Crippen LogP contribution in [0.25, 0.3) is 0 Å². The van der Waals surface area contributed by atoms with Crippen LogP contribution in [-0.4, -0.2) is 54.8 Å². The zero-order valence-electron chi connectivity index (χ0n) is 19.6. The van der Waals surface area contributed by atoms with Crippen molar-refractivity contribution in [1.82, 2.24) is 9.80 Å². The second-order valence-electron chi connectivity index (χ2n) is 9.37. The molecule has 32 heavy (non-hydrogen) atoms. The van der Waals surface area contributed by atoms with E-state index in [1.54, 1.807) is 31.0 Å². The van der Waals surface area contributed by atoms with Crippen LogP contribution in [0.3, 0.4) is 0 Å². The average molecular weight is 459 g/mol. The number of carbonyl (C=O) groups is 1. The number of methoxy groups -OCH3 is 1. The molecule has 0 aliphatic carbocycles. The highest BCUT2D eigenvalue weighted by molar-refractivity contribution is 7.99. The third-order valence-electron chi connectivity index (χ3n) is 5.77. The van der Waals surface area contributed by atoms with Crippen molar-refractivity contribution < 1.29 is 13.9 Å². The van der Waals surface area contributed by atoms with E-state index in [-0.39, 0.29) is 22.5 Å². The lowest BCUT2D eigenvalue weighted by Gasteiger charge is -2.28. The highest BCUT2D eigenvalue weighted by Crippen LogP contribution is 2.38. The molecule has 0 spiro atoms. The predicted octanol–water partition coefficient (Wildman–Crippen LogP) is 5.24. The van der Waals surface area contributed by atoms with Crippen LogP contribution in [0.1, 0.15) is 49.3 Å². The Bertz CT molecular complexity index is 865. The van der Waals surface area contributed by atoms with Crippen LogP contribution in [0.4, 0.5) is 4.39 Å². The molecule has 1 heterocycles. The molecule has 0 saturated carbocycles. The summed E-state index contributed by atoms with van der Waals surface area (Å²) in [6.07, 6.45) is 0.875. The van der Waals surface area contributed by atoms with E-state index >= 15 is 0 Å². The minimum Gasteiger partial charge on any atom is -0.385 e. The number of hydrogen-bond acceptors (Lipinski definition) is 4. The minimum absolute atomic E-state index is 0.0463. The van der Waals surface area contributed by atoms with Gasteiger partial charge < -0.3 is 9.64 Å². The van der Waals surface area contributed by atoms with Crippen molar-refractivity contribution in [1.29, 1.82) is 0 Å². The van der Waals surface area contributed by atoms with Gasteiger partial charge in [0, 0.05) is 39.1 Å². The summed E-state index contributed by atoms with van der Waals surface area (Å²) < 4.78 is 18.6. The number of carbonyl (C=O) groups excluding carboxylic acids is 1. The van der Waals surface area contributed by atoms with Gasteiger partial charge >= 0.3 is 0 Å². The molecule has 1 amide bonds. The molecule has 174 valence electrons. The topological polar surface area (TPSA) is 32.8 Å². The van der Waals surface area contributed by atoms with Crippen LogP contribution in [-0.2, 0) is 21.5 Å². The summed E-state index contributed by atoms with van der Waals surface area (Å²) in [6, 6.07) is 15.2. The van der Waals surface area contributed by atoms with Gasteiger partial charge in [-0.3, -0.25) is 9.69 Å². The molecule has 2 aromatic carbocycles. The molecule has 1 fully saturated rings. The summed E-state index contributed by atoms with van der Waals surface area (Å²) in [6.45, 7) is 9.91. The first-order chi connectivity index (χ1) is 15.3. The lowest BCUT2D eigenvalue weighted by Crippen LogP contribution is -2.40. The Hall–Kier alpha value is -1.89. The van der Waals surface area contributed by atoms with E-state index in [9.17, 15) is 9.18 Å². The van der Waals surface area contributed by atoms with E-state index in [2.05, 4.69) is 49.9 Å². The summed E-state index contributed by atoms with van der Waals surface area (Å²) in [7, 11) is 1.70. The monoisotopic (exact) mass is 458 g/mol. The van der Waals surface area contributed by atoms with Crippen molar-refractivity contribution in [3.8, 4) is 0 Å². The molecule has 0 bridgehead atoms. The zero-order valence-corrected chi connectivity index (χ0v) is 20.5. The quantitative estimate of drug-likeness (QED) is 0.482. The van der Waals surface area contributed by atoms with E-state index in [1.165, 1.54) is 23.3 Å². The number of hydrogen-bond donors (Lipinski definition) is 0. The number of benzene rings is 2. The Labute approximate surface area is 196 Å². The first-order valence-electron chi connectivity index (χ1n) is 11.2. The maximum atomic E-state index is 13.3. The fraction of sp³-hybridized carbons (Fsp3) is 0.500. The summed E-state index contributed by atoms with van der Waals surface area (Å²) in [5.41, 5.74) is 3.61. The van der Waals surface area contributed by atoms with Gasteiger partial charge in [-0.05, 0) is 40.7 Å². The first-order valence-corrected chi connectivity index (χ1v) is 12.3. The van der Waals surface area contributed by atoms with Gasteiger partial charge in [-0.15, -0.1) is 11.8 Å². The molecule has 4 nitrogen and oxygen atoms in total. The molecule has 2 aromatic rings. The van der Waals surface area contributed by atoms with Gasteiger partial charge in [0.1, 0.15) is 11.2 Å².